The van der Waals surface area contributed by atoms with Crippen molar-refractivity contribution in [2.24, 2.45) is 5.92 Å². The van der Waals surface area contributed by atoms with E-state index in [1.807, 2.05) is 13.8 Å². The number of carboxylic acids is 1. The van der Waals surface area contributed by atoms with Crippen molar-refractivity contribution >= 4 is 17.6 Å². The molecule has 6 nitrogen and oxygen atoms in total. The SMILES string of the molecule is CC(C)Oc1cccc(C(=O)Nc2ccc(CC(C)C(=O)O)cc2)n1. The lowest BCUT2D eigenvalue weighted by Crippen LogP contribution is -2.15. The Morgan fingerprint density at radius 2 is 1.80 bits per heavy atom. The van der Waals surface area contributed by atoms with Crippen LogP contribution in [0.1, 0.15) is 36.8 Å². The van der Waals surface area contributed by atoms with Gasteiger partial charge in [-0.15, -0.1) is 0 Å². The van der Waals surface area contributed by atoms with Crippen molar-refractivity contribution in [3.05, 3.63) is 53.7 Å². The minimum absolute atomic E-state index is 0.0217. The number of rotatable bonds is 7. The Morgan fingerprint density at radius 1 is 1.12 bits per heavy atom. The number of nitrogens with one attached hydrogen (secondary N) is 1. The van der Waals surface area contributed by atoms with Gasteiger partial charge in [0, 0.05) is 11.8 Å². The number of anilines is 1. The molecule has 0 aliphatic carbocycles. The van der Waals surface area contributed by atoms with E-state index < -0.39 is 11.9 Å². The number of ether oxygens (including phenoxy) is 1. The van der Waals surface area contributed by atoms with Crippen LogP contribution in [0.4, 0.5) is 5.69 Å². The first kappa shape index (κ1) is 18.4. The predicted octanol–water partition coefficient (Wildman–Crippen LogP) is 3.38. The summed E-state index contributed by atoms with van der Waals surface area (Å²) < 4.78 is 5.49. The number of benzene rings is 1. The van der Waals surface area contributed by atoms with E-state index in [2.05, 4.69) is 10.3 Å². The van der Waals surface area contributed by atoms with Crippen LogP contribution in [0.5, 0.6) is 5.88 Å². The molecule has 0 bridgehead atoms. The van der Waals surface area contributed by atoms with Crippen LogP contribution in [-0.4, -0.2) is 28.1 Å². The molecule has 25 heavy (non-hydrogen) atoms. The molecule has 1 amide bonds. The Labute approximate surface area is 146 Å². The van der Waals surface area contributed by atoms with E-state index in [0.717, 1.165) is 5.56 Å². The van der Waals surface area contributed by atoms with Crippen LogP contribution in [-0.2, 0) is 11.2 Å². The highest BCUT2D eigenvalue weighted by molar-refractivity contribution is 6.02. The molecule has 132 valence electrons. The molecule has 2 N–H and O–H groups in total. The molecule has 0 saturated heterocycles. The first-order chi connectivity index (χ1) is 11.8. The molecule has 0 fully saturated rings. The molecular formula is C19H22N2O4. The Balaban J connectivity index is 2.02. The van der Waals surface area contributed by atoms with E-state index in [1.54, 1.807) is 49.4 Å². The van der Waals surface area contributed by atoms with Crippen LogP contribution < -0.4 is 10.1 Å². The van der Waals surface area contributed by atoms with Gasteiger partial charge in [0.2, 0.25) is 5.88 Å². The molecule has 0 aliphatic heterocycles. The van der Waals surface area contributed by atoms with Crippen LogP contribution in [0.3, 0.4) is 0 Å². The van der Waals surface area contributed by atoms with E-state index >= 15 is 0 Å². The van der Waals surface area contributed by atoms with Crippen molar-refractivity contribution in [1.29, 1.82) is 0 Å². The van der Waals surface area contributed by atoms with Gasteiger partial charge in [-0.2, -0.15) is 0 Å². The number of pyridine rings is 1. The normalized spacial score (nSPS) is 11.8. The number of carbonyl (C=O) groups is 2. The molecule has 1 unspecified atom stereocenters. The fourth-order valence-corrected chi connectivity index (χ4v) is 2.21. The zero-order valence-corrected chi connectivity index (χ0v) is 14.5. The average molecular weight is 342 g/mol. The standard InChI is InChI=1S/C19H22N2O4/c1-12(2)25-17-6-4-5-16(21-17)18(22)20-15-9-7-14(8-10-15)11-13(3)19(23)24/h4-10,12-13H,11H2,1-3H3,(H,20,22)(H,23,24). The molecule has 6 heteroatoms. The van der Waals surface area contributed by atoms with Gasteiger partial charge < -0.3 is 15.2 Å². The maximum Gasteiger partial charge on any atom is 0.306 e. The molecule has 0 radical (unpaired) electrons. The summed E-state index contributed by atoms with van der Waals surface area (Å²) in [7, 11) is 0. The van der Waals surface area contributed by atoms with Crippen molar-refractivity contribution < 1.29 is 19.4 Å². The first-order valence-corrected chi connectivity index (χ1v) is 8.12. The molecule has 1 aromatic heterocycles. The highest BCUT2D eigenvalue weighted by Gasteiger charge is 2.12. The summed E-state index contributed by atoms with van der Waals surface area (Å²) in [5.41, 5.74) is 1.79. The largest absolute Gasteiger partial charge is 0.481 e. The van der Waals surface area contributed by atoms with Crippen LogP contribution in [0, 0.1) is 5.92 Å². The average Bonchev–Trinajstić information content (AvgIpc) is 2.56. The summed E-state index contributed by atoms with van der Waals surface area (Å²) in [4.78, 5) is 27.4. The summed E-state index contributed by atoms with van der Waals surface area (Å²) in [5, 5.41) is 11.7. The first-order valence-electron chi connectivity index (χ1n) is 8.12. The predicted molar refractivity (Wildman–Crippen MR) is 94.9 cm³/mol. The van der Waals surface area contributed by atoms with Gasteiger partial charge in [0.1, 0.15) is 5.69 Å². The topological polar surface area (TPSA) is 88.5 Å². The molecule has 1 aromatic carbocycles. The third-order valence-electron chi connectivity index (χ3n) is 3.49. The summed E-state index contributed by atoms with van der Waals surface area (Å²) >= 11 is 0. The van der Waals surface area contributed by atoms with Crippen molar-refractivity contribution in [1.82, 2.24) is 4.98 Å². The minimum Gasteiger partial charge on any atom is -0.481 e. The Hall–Kier alpha value is -2.89. The summed E-state index contributed by atoms with van der Waals surface area (Å²) in [6, 6.07) is 12.1. The number of carboxylic acid groups (broad SMARTS) is 1. The fourth-order valence-electron chi connectivity index (χ4n) is 2.21. The van der Waals surface area contributed by atoms with Gasteiger partial charge in [-0.25, -0.2) is 4.98 Å². The van der Waals surface area contributed by atoms with E-state index in [1.165, 1.54) is 0 Å². The summed E-state index contributed by atoms with van der Waals surface area (Å²) in [6.07, 6.45) is 0.422. The smallest absolute Gasteiger partial charge is 0.306 e. The van der Waals surface area contributed by atoms with Crippen molar-refractivity contribution in [2.75, 3.05) is 5.32 Å². The van der Waals surface area contributed by atoms with Gasteiger partial charge in [-0.05, 0) is 44.0 Å². The van der Waals surface area contributed by atoms with Crippen LogP contribution in [0.15, 0.2) is 42.5 Å². The highest BCUT2D eigenvalue weighted by atomic mass is 16.5. The summed E-state index contributed by atoms with van der Waals surface area (Å²) in [5.74, 6) is -1.21. The number of hydrogen-bond acceptors (Lipinski definition) is 4. The zero-order valence-electron chi connectivity index (χ0n) is 14.5. The molecule has 0 spiro atoms. The van der Waals surface area contributed by atoms with Crippen LogP contribution >= 0.6 is 0 Å². The lowest BCUT2D eigenvalue weighted by molar-refractivity contribution is -0.141. The number of hydrogen-bond donors (Lipinski definition) is 2. The maximum absolute atomic E-state index is 12.3. The van der Waals surface area contributed by atoms with Gasteiger partial charge >= 0.3 is 5.97 Å². The molecule has 1 atom stereocenters. The molecule has 2 aromatic rings. The third-order valence-corrected chi connectivity index (χ3v) is 3.49. The van der Waals surface area contributed by atoms with Gasteiger partial charge in [0.15, 0.2) is 0 Å². The molecule has 0 saturated carbocycles. The maximum atomic E-state index is 12.3. The van der Waals surface area contributed by atoms with E-state index in [9.17, 15) is 9.59 Å². The zero-order chi connectivity index (χ0) is 18.4. The van der Waals surface area contributed by atoms with Crippen molar-refractivity contribution in [3.63, 3.8) is 0 Å². The van der Waals surface area contributed by atoms with E-state index in [4.69, 9.17) is 9.84 Å². The Morgan fingerprint density at radius 3 is 2.40 bits per heavy atom. The van der Waals surface area contributed by atoms with Gasteiger partial charge in [0.05, 0.1) is 12.0 Å². The quantitative estimate of drug-likeness (QED) is 0.805. The van der Waals surface area contributed by atoms with Gasteiger partial charge in [0.25, 0.3) is 5.91 Å². The number of carbonyl (C=O) groups excluding carboxylic acids is 1. The second kappa shape index (κ2) is 8.28. The number of aliphatic carboxylic acids is 1. The minimum atomic E-state index is -0.827. The highest BCUT2D eigenvalue weighted by Crippen LogP contribution is 2.15. The van der Waals surface area contributed by atoms with Gasteiger partial charge in [-0.3, -0.25) is 9.59 Å². The lowest BCUT2D eigenvalue weighted by atomic mass is 10.0. The third kappa shape index (κ3) is 5.60. The van der Waals surface area contributed by atoms with Crippen molar-refractivity contribution in [2.45, 2.75) is 33.3 Å². The number of amides is 1. The monoisotopic (exact) mass is 342 g/mol. The second-order valence-corrected chi connectivity index (χ2v) is 6.12. The van der Waals surface area contributed by atoms with E-state index in [0.29, 0.717) is 18.0 Å². The lowest BCUT2D eigenvalue weighted by Gasteiger charge is -2.10. The van der Waals surface area contributed by atoms with Crippen LogP contribution in [0.2, 0.25) is 0 Å². The summed E-state index contributed by atoms with van der Waals surface area (Å²) in [6.45, 7) is 5.44. The number of nitrogens with zero attached hydrogens (tertiary/aromatic N) is 1. The van der Waals surface area contributed by atoms with Crippen LogP contribution in [0.25, 0.3) is 0 Å². The second-order valence-electron chi connectivity index (χ2n) is 6.12. The molecular weight excluding hydrogens is 320 g/mol. The number of aromatic nitrogens is 1. The fraction of sp³-hybridized carbons (Fsp3) is 0.316. The Bertz CT molecular complexity index is 741. The van der Waals surface area contributed by atoms with Gasteiger partial charge in [-0.1, -0.05) is 25.1 Å². The molecule has 2 rings (SSSR count). The Kier molecular flexibility index (Phi) is 6.11. The molecule has 0 aliphatic rings. The molecule has 1 heterocycles. The van der Waals surface area contributed by atoms with E-state index in [-0.39, 0.29) is 17.7 Å². The van der Waals surface area contributed by atoms with Crippen molar-refractivity contribution in [3.8, 4) is 5.88 Å².